The highest BCUT2D eigenvalue weighted by Crippen LogP contribution is 2.23. The molecular formula is C15H16N4O. The molecule has 2 N–H and O–H groups in total. The summed E-state index contributed by atoms with van der Waals surface area (Å²) in [6, 6.07) is 7.71. The zero-order valence-electron chi connectivity index (χ0n) is 11.3. The smallest absolute Gasteiger partial charge is 0.272 e. The monoisotopic (exact) mass is 268 g/mol. The standard InChI is InChI=1S/C15H16N4O/c1-2-3-8-16-15(20)14-13-12(17-9-18-13)10-6-4-5-7-11(10)19-14/h4-7,9H,2-3,8H2,1H3,(H,16,20)(H,17,18). The molecule has 0 aliphatic rings. The zero-order valence-corrected chi connectivity index (χ0v) is 11.3. The van der Waals surface area contributed by atoms with Crippen LogP contribution in [0, 0.1) is 0 Å². The van der Waals surface area contributed by atoms with Crippen LogP contribution in [0.25, 0.3) is 21.9 Å². The average molecular weight is 268 g/mol. The van der Waals surface area contributed by atoms with Crippen LogP contribution in [-0.2, 0) is 0 Å². The summed E-state index contributed by atoms with van der Waals surface area (Å²) in [6.07, 6.45) is 3.61. The lowest BCUT2D eigenvalue weighted by atomic mass is 10.1. The van der Waals surface area contributed by atoms with Crippen LogP contribution in [0.3, 0.4) is 0 Å². The number of carbonyl (C=O) groups excluding carboxylic acids is 1. The summed E-state index contributed by atoms with van der Waals surface area (Å²) in [4.78, 5) is 24.1. The predicted molar refractivity (Wildman–Crippen MR) is 78.6 cm³/mol. The first kappa shape index (κ1) is 12.6. The number of unbranched alkanes of at least 4 members (excludes halogenated alkanes) is 1. The fourth-order valence-electron chi connectivity index (χ4n) is 2.25. The maximum atomic E-state index is 12.3. The summed E-state index contributed by atoms with van der Waals surface area (Å²) in [5.74, 6) is -0.154. The van der Waals surface area contributed by atoms with E-state index in [-0.39, 0.29) is 5.91 Å². The molecule has 0 fully saturated rings. The van der Waals surface area contributed by atoms with Gasteiger partial charge in [0.25, 0.3) is 5.91 Å². The van der Waals surface area contributed by atoms with Gasteiger partial charge in [0.05, 0.1) is 17.4 Å². The molecule has 0 radical (unpaired) electrons. The summed E-state index contributed by atoms with van der Waals surface area (Å²) < 4.78 is 0. The van der Waals surface area contributed by atoms with E-state index in [1.54, 1.807) is 6.33 Å². The number of H-pyrrole nitrogens is 1. The number of fused-ring (bicyclic) bond motifs is 3. The molecule has 2 aromatic heterocycles. The van der Waals surface area contributed by atoms with E-state index in [0.717, 1.165) is 29.3 Å². The van der Waals surface area contributed by atoms with Crippen molar-refractivity contribution in [2.75, 3.05) is 6.54 Å². The lowest BCUT2D eigenvalue weighted by Crippen LogP contribution is -2.25. The lowest BCUT2D eigenvalue weighted by molar-refractivity contribution is 0.0950. The van der Waals surface area contributed by atoms with Crippen molar-refractivity contribution in [1.82, 2.24) is 20.3 Å². The highest BCUT2D eigenvalue weighted by atomic mass is 16.1. The Balaban J connectivity index is 2.08. The maximum Gasteiger partial charge on any atom is 0.272 e. The van der Waals surface area contributed by atoms with E-state index in [2.05, 4.69) is 27.2 Å². The van der Waals surface area contributed by atoms with Gasteiger partial charge in [0.2, 0.25) is 0 Å². The van der Waals surface area contributed by atoms with E-state index < -0.39 is 0 Å². The third kappa shape index (κ3) is 2.11. The number of benzene rings is 1. The fourth-order valence-corrected chi connectivity index (χ4v) is 2.25. The number of nitrogens with one attached hydrogen (secondary N) is 2. The van der Waals surface area contributed by atoms with Gasteiger partial charge in [0, 0.05) is 11.9 Å². The van der Waals surface area contributed by atoms with Crippen molar-refractivity contribution in [3.63, 3.8) is 0 Å². The molecule has 0 bridgehead atoms. The number of amides is 1. The van der Waals surface area contributed by atoms with Gasteiger partial charge in [-0.3, -0.25) is 4.79 Å². The Labute approximate surface area is 116 Å². The third-order valence-electron chi connectivity index (χ3n) is 3.30. The van der Waals surface area contributed by atoms with Gasteiger partial charge < -0.3 is 10.3 Å². The Morgan fingerprint density at radius 1 is 1.35 bits per heavy atom. The zero-order chi connectivity index (χ0) is 13.9. The summed E-state index contributed by atoms with van der Waals surface area (Å²) in [5, 5.41) is 3.85. The van der Waals surface area contributed by atoms with Gasteiger partial charge in [-0.05, 0) is 12.5 Å². The molecule has 0 aliphatic carbocycles. The van der Waals surface area contributed by atoms with Crippen molar-refractivity contribution in [1.29, 1.82) is 0 Å². The number of imidazole rings is 1. The highest BCUT2D eigenvalue weighted by molar-refractivity contribution is 6.11. The van der Waals surface area contributed by atoms with E-state index >= 15 is 0 Å². The van der Waals surface area contributed by atoms with Gasteiger partial charge >= 0.3 is 0 Å². The Morgan fingerprint density at radius 2 is 2.20 bits per heavy atom. The van der Waals surface area contributed by atoms with Crippen LogP contribution < -0.4 is 5.32 Å². The number of hydrogen-bond acceptors (Lipinski definition) is 3. The van der Waals surface area contributed by atoms with Gasteiger partial charge in [-0.1, -0.05) is 31.5 Å². The number of aromatic nitrogens is 3. The van der Waals surface area contributed by atoms with E-state index in [4.69, 9.17) is 0 Å². The van der Waals surface area contributed by atoms with Crippen molar-refractivity contribution in [3.8, 4) is 0 Å². The molecule has 1 amide bonds. The normalized spacial score (nSPS) is 11.1. The predicted octanol–water partition coefficient (Wildman–Crippen LogP) is 2.64. The van der Waals surface area contributed by atoms with Gasteiger partial charge in [-0.15, -0.1) is 0 Å². The summed E-state index contributed by atoms with van der Waals surface area (Å²) in [5.41, 5.74) is 2.67. The number of carbonyl (C=O) groups is 1. The van der Waals surface area contributed by atoms with Gasteiger partial charge in [0.15, 0.2) is 5.69 Å². The highest BCUT2D eigenvalue weighted by Gasteiger charge is 2.16. The fraction of sp³-hybridized carbons (Fsp3) is 0.267. The van der Waals surface area contributed by atoms with Crippen LogP contribution in [0.5, 0.6) is 0 Å². The Bertz CT molecular complexity index is 763. The second-order valence-corrected chi connectivity index (χ2v) is 4.71. The molecule has 0 spiro atoms. The molecule has 0 saturated heterocycles. The first-order valence-electron chi connectivity index (χ1n) is 6.81. The molecule has 0 saturated carbocycles. The van der Waals surface area contributed by atoms with Gasteiger partial charge in [-0.25, -0.2) is 9.97 Å². The molecule has 5 nitrogen and oxygen atoms in total. The van der Waals surface area contributed by atoms with Crippen LogP contribution >= 0.6 is 0 Å². The summed E-state index contributed by atoms with van der Waals surface area (Å²) in [6.45, 7) is 2.76. The second kappa shape index (κ2) is 5.28. The Hall–Kier alpha value is -2.43. The number of aromatic amines is 1. The second-order valence-electron chi connectivity index (χ2n) is 4.71. The van der Waals surface area contributed by atoms with E-state index in [0.29, 0.717) is 17.8 Å². The first-order valence-corrected chi connectivity index (χ1v) is 6.81. The van der Waals surface area contributed by atoms with E-state index in [9.17, 15) is 4.79 Å². The molecule has 5 heteroatoms. The average Bonchev–Trinajstić information content (AvgIpc) is 2.96. The maximum absolute atomic E-state index is 12.3. The third-order valence-corrected chi connectivity index (χ3v) is 3.30. The Morgan fingerprint density at radius 3 is 3.05 bits per heavy atom. The first-order chi connectivity index (χ1) is 9.81. The van der Waals surface area contributed by atoms with Crippen LogP contribution in [0.4, 0.5) is 0 Å². The van der Waals surface area contributed by atoms with Crippen molar-refractivity contribution in [2.24, 2.45) is 0 Å². The molecule has 0 unspecified atom stereocenters. The minimum absolute atomic E-state index is 0.154. The van der Waals surface area contributed by atoms with Crippen LogP contribution in [0.1, 0.15) is 30.3 Å². The van der Waals surface area contributed by atoms with Crippen molar-refractivity contribution < 1.29 is 4.79 Å². The quantitative estimate of drug-likeness (QED) is 0.715. The molecular weight excluding hydrogens is 252 g/mol. The van der Waals surface area contributed by atoms with Crippen LogP contribution in [-0.4, -0.2) is 27.4 Å². The number of pyridine rings is 1. The number of rotatable bonds is 4. The minimum Gasteiger partial charge on any atom is -0.351 e. The minimum atomic E-state index is -0.154. The molecule has 102 valence electrons. The van der Waals surface area contributed by atoms with E-state index in [1.807, 2.05) is 24.3 Å². The topological polar surface area (TPSA) is 70.7 Å². The van der Waals surface area contributed by atoms with Crippen LogP contribution in [0.15, 0.2) is 30.6 Å². The molecule has 2 heterocycles. The Kier molecular flexibility index (Phi) is 3.33. The summed E-state index contributed by atoms with van der Waals surface area (Å²) in [7, 11) is 0. The molecule has 0 atom stereocenters. The van der Waals surface area contributed by atoms with Crippen molar-refractivity contribution >= 4 is 27.8 Å². The van der Waals surface area contributed by atoms with E-state index in [1.165, 1.54) is 0 Å². The number of nitrogens with zero attached hydrogens (tertiary/aromatic N) is 2. The number of hydrogen-bond donors (Lipinski definition) is 2. The molecule has 1 aromatic carbocycles. The molecule has 3 aromatic rings. The molecule has 20 heavy (non-hydrogen) atoms. The molecule has 3 rings (SSSR count). The largest absolute Gasteiger partial charge is 0.351 e. The van der Waals surface area contributed by atoms with Crippen molar-refractivity contribution in [3.05, 3.63) is 36.3 Å². The SMILES string of the molecule is CCCCNC(=O)c1nc2ccccc2c2nc[nH]c12. The van der Waals surface area contributed by atoms with Gasteiger partial charge in [0.1, 0.15) is 5.52 Å². The van der Waals surface area contributed by atoms with Crippen LogP contribution in [0.2, 0.25) is 0 Å². The summed E-state index contributed by atoms with van der Waals surface area (Å²) >= 11 is 0. The van der Waals surface area contributed by atoms with Crippen molar-refractivity contribution in [2.45, 2.75) is 19.8 Å². The molecule has 0 aliphatic heterocycles. The lowest BCUT2D eigenvalue weighted by Gasteiger charge is -2.06. The van der Waals surface area contributed by atoms with Gasteiger partial charge in [-0.2, -0.15) is 0 Å². The number of para-hydroxylation sites is 1.